The van der Waals surface area contributed by atoms with Gasteiger partial charge in [-0.15, -0.1) is 0 Å². The van der Waals surface area contributed by atoms with Gasteiger partial charge in [0.1, 0.15) is 16.7 Å². The van der Waals surface area contributed by atoms with Gasteiger partial charge in [-0.1, -0.05) is 30.3 Å². The van der Waals surface area contributed by atoms with Crippen LogP contribution >= 0.6 is 0 Å². The molecule has 2 aromatic carbocycles. The van der Waals surface area contributed by atoms with Gasteiger partial charge in [-0.05, 0) is 35.9 Å². The van der Waals surface area contributed by atoms with Crippen molar-refractivity contribution in [2.45, 2.75) is 0 Å². The highest BCUT2D eigenvalue weighted by Crippen LogP contribution is 2.21. The Hall–Kier alpha value is -3.87. The number of fused-ring (bicyclic) bond motifs is 1. The standard InChI is InChI=1S/C19H14N4O3/c20-17-15-16(22-23(17)12-6-2-1-3-7-12)14(18(25)21-19(15)26)10-11-5-4-8-13(24)9-11/h1-10,20,24,26H,(H,21,25). The van der Waals surface area contributed by atoms with Crippen LogP contribution in [-0.2, 0) is 0 Å². The SMILES string of the molecule is N=C1c2c(O)[nH]c(=O)c(=Cc3cccc(O)c3)c2=NN1c1ccccc1. The second-order valence-corrected chi connectivity index (χ2v) is 5.78. The summed E-state index contributed by atoms with van der Waals surface area (Å²) in [5, 5.41) is 34.3. The number of hydrogen-bond donors (Lipinski definition) is 4. The molecule has 3 aromatic rings. The molecule has 0 saturated heterocycles. The molecule has 2 heterocycles. The first-order valence-electron chi connectivity index (χ1n) is 7.83. The van der Waals surface area contributed by atoms with Crippen molar-refractivity contribution in [3.63, 3.8) is 0 Å². The average Bonchev–Trinajstić information content (AvgIpc) is 2.97. The zero-order valence-corrected chi connectivity index (χ0v) is 13.5. The highest BCUT2D eigenvalue weighted by atomic mass is 16.3. The van der Waals surface area contributed by atoms with Gasteiger partial charge in [0, 0.05) is 0 Å². The summed E-state index contributed by atoms with van der Waals surface area (Å²) >= 11 is 0. The lowest BCUT2D eigenvalue weighted by molar-refractivity contribution is 0.449. The van der Waals surface area contributed by atoms with Crippen LogP contribution in [0.5, 0.6) is 11.6 Å². The number of phenolic OH excluding ortho intramolecular Hbond substituents is 1. The van der Waals surface area contributed by atoms with Crippen LogP contribution in [0.1, 0.15) is 11.1 Å². The number of nitrogens with zero attached hydrogens (tertiary/aromatic N) is 2. The summed E-state index contributed by atoms with van der Waals surface area (Å²) in [4.78, 5) is 14.7. The highest BCUT2D eigenvalue weighted by Gasteiger charge is 2.26. The quantitative estimate of drug-likeness (QED) is 0.554. The first-order valence-corrected chi connectivity index (χ1v) is 7.83. The largest absolute Gasteiger partial charge is 0.508 e. The number of anilines is 1. The minimum atomic E-state index is -0.531. The van der Waals surface area contributed by atoms with Gasteiger partial charge in [0.05, 0.1) is 10.9 Å². The van der Waals surface area contributed by atoms with E-state index in [-0.39, 0.29) is 27.7 Å². The van der Waals surface area contributed by atoms with Gasteiger partial charge in [0.2, 0.25) is 5.88 Å². The van der Waals surface area contributed by atoms with E-state index in [2.05, 4.69) is 10.1 Å². The first-order chi connectivity index (χ1) is 12.5. The van der Waals surface area contributed by atoms with Crippen LogP contribution in [0, 0.1) is 5.41 Å². The Balaban J connectivity index is 2.00. The molecule has 0 fully saturated rings. The number of nitrogens with one attached hydrogen (secondary N) is 2. The van der Waals surface area contributed by atoms with E-state index in [1.807, 2.05) is 18.2 Å². The number of aromatic hydroxyl groups is 2. The molecule has 7 nitrogen and oxygen atoms in total. The maximum Gasteiger partial charge on any atom is 0.260 e. The normalized spacial score (nSPS) is 13.6. The zero-order chi connectivity index (χ0) is 18.3. The van der Waals surface area contributed by atoms with Gasteiger partial charge >= 0.3 is 0 Å². The van der Waals surface area contributed by atoms with E-state index in [1.165, 1.54) is 17.1 Å². The number of pyridine rings is 1. The van der Waals surface area contributed by atoms with E-state index in [9.17, 15) is 15.0 Å². The minimum Gasteiger partial charge on any atom is -0.508 e. The number of aromatic nitrogens is 1. The number of amidine groups is 1. The lowest BCUT2D eigenvalue weighted by atomic mass is 10.1. The molecule has 0 saturated carbocycles. The molecule has 0 spiro atoms. The smallest absolute Gasteiger partial charge is 0.260 e. The van der Waals surface area contributed by atoms with Gasteiger partial charge in [0.25, 0.3) is 5.56 Å². The van der Waals surface area contributed by atoms with E-state index in [0.29, 0.717) is 11.3 Å². The number of phenols is 1. The molecule has 1 aliphatic rings. The molecule has 0 unspecified atom stereocenters. The summed E-state index contributed by atoms with van der Waals surface area (Å²) in [5.41, 5.74) is 0.864. The Kier molecular flexibility index (Phi) is 3.54. The van der Waals surface area contributed by atoms with E-state index in [4.69, 9.17) is 5.41 Å². The second kappa shape index (κ2) is 5.89. The lowest BCUT2D eigenvalue weighted by Gasteiger charge is -2.13. The molecular weight excluding hydrogens is 332 g/mol. The van der Waals surface area contributed by atoms with Crippen molar-refractivity contribution >= 4 is 17.6 Å². The number of para-hydroxylation sites is 1. The molecule has 0 aliphatic carbocycles. The van der Waals surface area contributed by atoms with Crippen molar-refractivity contribution in [1.29, 1.82) is 5.41 Å². The Morgan fingerprint density at radius 2 is 1.85 bits per heavy atom. The van der Waals surface area contributed by atoms with Crippen molar-refractivity contribution in [2.24, 2.45) is 5.10 Å². The zero-order valence-electron chi connectivity index (χ0n) is 13.5. The molecule has 1 aromatic heterocycles. The van der Waals surface area contributed by atoms with Gasteiger partial charge in [-0.2, -0.15) is 5.10 Å². The van der Waals surface area contributed by atoms with Gasteiger partial charge < -0.3 is 10.2 Å². The summed E-state index contributed by atoms with van der Waals surface area (Å²) in [6.45, 7) is 0. The molecule has 1 aliphatic heterocycles. The van der Waals surface area contributed by atoms with Crippen LogP contribution in [0.25, 0.3) is 6.08 Å². The molecule has 128 valence electrons. The molecule has 0 radical (unpaired) electrons. The van der Waals surface area contributed by atoms with Crippen LogP contribution < -0.4 is 21.1 Å². The Morgan fingerprint density at radius 1 is 1.08 bits per heavy atom. The van der Waals surface area contributed by atoms with Crippen molar-refractivity contribution in [2.75, 3.05) is 5.01 Å². The van der Waals surface area contributed by atoms with Crippen LogP contribution in [0.2, 0.25) is 0 Å². The summed E-state index contributed by atoms with van der Waals surface area (Å²) < 4.78 is 0. The fourth-order valence-corrected chi connectivity index (χ4v) is 2.85. The maximum absolute atomic E-state index is 12.4. The summed E-state index contributed by atoms with van der Waals surface area (Å²) in [6.07, 6.45) is 1.56. The summed E-state index contributed by atoms with van der Waals surface area (Å²) in [6, 6.07) is 15.5. The minimum absolute atomic E-state index is 0.0366. The molecule has 0 bridgehead atoms. The van der Waals surface area contributed by atoms with Gasteiger partial charge in [0.15, 0.2) is 5.84 Å². The van der Waals surface area contributed by atoms with E-state index < -0.39 is 11.4 Å². The number of rotatable bonds is 2. The molecule has 4 rings (SSSR count). The monoisotopic (exact) mass is 346 g/mol. The Bertz CT molecular complexity index is 1200. The molecule has 7 heteroatoms. The summed E-state index contributed by atoms with van der Waals surface area (Å²) in [7, 11) is 0. The van der Waals surface area contributed by atoms with Crippen LogP contribution in [0.15, 0.2) is 64.5 Å². The number of benzene rings is 2. The highest BCUT2D eigenvalue weighted by molar-refractivity contribution is 6.10. The van der Waals surface area contributed by atoms with Crippen molar-refractivity contribution in [3.8, 4) is 11.6 Å². The van der Waals surface area contributed by atoms with E-state index >= 15 is 0 Å². The second-order valence-electron chi connectivity index (χ2n) is 5.78. The number of aromatic amines is 1. The Morgan fingerprint density at radius 3 is 2.58 bits per heavy atom. The molecule has 0 atom stereocenters. The lowest BCUT2D eigenvalue weighted by Crippen LogP contribution is -2.42. The topological polar surface area (TPSA) is 113 Å². The predicted octanol–water partition coefficient (Wildman–Crippen LogP) is 0.995. The van der Waals surface area contributed by atoms with Crippen LogP contribution in [0.3, 0.4) is 0 Å². The number of hydrogen-bond acceptors (Lipinski definition) is 5. The fourth-order valence-electron chi connectivity index (χ4n) is 2.85. The van der Waals surface area contributed by atoms with Crippen molar-refractivity contribution in [3.05, 3.63) is 86.7 Å². The Labute approximate surface area is 147 Å². The molecule has 0 amide bonds. The average molecular weight is 346 g/mol. The van der Waals surface area contributed by atoms with Crippen molar-refractivity contribution in [1.82, 2.24) is 4.98 Å². The predicted molar refractivity (Wildman–Crippen MR) is 96.9 cm³/mol. The van der Waals surface area contributed by atoms with Gasteiger partial charge in [-0.3, -0.25) is 15.2 Å². The number of H-pyrrole nitrogens is 1. The third-order valence-corrected chi connectivity index (χ3v) is 4.04. The molecular formula is C19H14N4O3. The summed E-state index contributed by atoms with van der Waals surface area (Å²) in [5.74, 6) is -0.364. The van der Waals surface area contributed by atoms with Crippen LogP contribution in [-0.4, -0.2) is 21.0 Å². The third-order valence-electron chi connectivity index (χ3n) is 4.04. The van der Waals surface area contributed by atoms with E-state index in [1.54, 1.807) is 30.3 Å². The van der Waals surface area contributed by atoms with Gasteiger partial charge in [-0.25, -0.2) is 5.01 Å². The third kappa shape index (κ3) is 2.51. The molecule has 4 N–H and O–H groups in total. The fraction of sp³-hybridized carbons (Fsp3) is 0. The van der Waals surface area contributed by atoms with E-state index in [0.717, 1.165) is 0 Å². The molecule has 26 heavy (non-hydrogen) atoms. The first kappa shape index (κ1) is 15.6. The van der Waals surface area contributed by atoms with Crippen molar-refractivity contribution < 1.29 is 10.2 Å². The maximum atomic E-state index is 12.4. The van der Waals surface area contributed by atoms with Crippen LogP contribution in [0.4, 0.5) is 5.69 Å².